The van der Waals surface area contributed by atoms with E-state index in [4.69, 9.17) is 0 Å². The number of phenols is 8. The zero-order valence-electron chi connectivity index (χ0n) is 20.5. The summed E-state index contributed by atoms with van der Waals surface area (Å²) in [6, 6.07) is 18.5. The van der Waals surface area contributed by atoms with Gasteiger partial charge in [-0.1, -0.05) is 24.3 Å². The maximum Gasteiger partial charge on any atom is 0.157 e. The van der Waals surface area contributed by atoms with E-state index < -0.39 is 0 Å². The summed E-state index contributed by atoms with van der Waals surface area (Å²) in [7, 11) is 0. The highest BCUT2D eigenvalue weighted by molar-refractivity contribution is 5.45. The minimum absolute atomic E-state index is 0.130. The first kappa shape index (κ1) is 26.3. The minimum Gasteiger partial charge on any atom is -0.504 e. The summed E-state index contributed by atoms with van der Waals surface area (Å²) in [6.45, 7) is 0. The summed E-state index contributed by atoms with van der Waals surface area (Å²) in [4.78, 5) is 0. The van der Waals surface area contributed by atoms with Gasteiger partial charge < -0.3 is 40.9 Å². The fourth-order valence-corrected chi connectivity index (χ4v) is 4.80. The maximum atomic E-state index is 10.3. The second kappa shape index (κ2) is 11.1. The Hall–Kier alpha value is -4.72. The van der Waals surface area contributed by atoms with Crippen molar-refractivity contribution in [1.29, 1.82) is 0 Å². The van der Waals surface area contributed by atoms with Crippen LogP contribution in [0.2, 0.25) is 0 Å². The van der Waals surface area contributed by atoms with Gasteiger partial charge in [0.2, 0.25) is 0 Å². The van der Waals surface area contributed by atoms with Gasteiger partial charge in [-0.3, -0.25) is 0 Å². The van der Waals surface area contributed by atoms with E-state index in [1.807, 2.05) is 0 Å². The largest absolute Gasteiger partial charge is 0.504 e. The Morgan fingerprint density at radius 1 is 0.421 bits per heavy atom. The number of phenolic OH excluding ortho intramolecular Hbond substituents is 8. The van der Waals surface area contributed by atoms with Gasteiger partial charge in [-0.25, -0.2) is 0 Å². The number of aryl methyl sites for hydroxylation is 1. The molecule has 0 aliphatic rings. The molecule has 4 aromatic rings. The molecule has 4 aromatic carbocycles. The molecular formula is C30H30O8. The van der Waals surface area contributed by atoms with E-state index in [2.05, 4.69) is 0 Å². The highest BCUT2D eigenvalue weighted by Crippen LogP contribution is 2.40. The first-order chi connectivity index (χ1) is 18.1. The van der Waals surface area contributed by atoms with Gasteiger partial charge in [0.15, 0.2) is 46.0 Å². The normalized spacial score (nSPS) is 12.7. The molecule has 8 N–H and O–H groups in total. The van der Waals surface area contributed by atoms with Crippen LogP contribution < -0.4 is 0 Å². The van der Waals surface area contributed by atoms with Gasteiger partial charge in [0.1, 0.15) is 0 Å². The van der Waals surface area contributed by atoms with E-state index in [1.54, 1.807) is 24.3 Å². The molecule has 8 heteroatoms. The summed E-state index contributed by atoms with van der Waals surface area (Å²) in [5, 5.41) is 79.5. The average Bonchev–Trinajstić information content (AvgIpc) is 2.88. The van der Waals surface area contributed by atoms with Gasteiger partial charge in [0.25, 0.3) is 0 Å². The van der Waals surface area contributed by atoms with Crippen molar-refractivity contribution in [2.75, 3.05) is 0 Å². The molecule has 0 saturated carbocycles. The molecule has 0 radical (unpaired) electrons. The third-order valence-corrected chi connectivity index (χ3v) is 6.87. The zero-order valence-corrected chi connectivity index (χ0v) is 20.5. The molecule has 0 unspecified atom stereocenters. The average molecular weight is 519 g/mol. The maximum absolute atomic E-state index is 10.3. The van der Waals surface area contributed by atoms with E-state index in [0.29, 0.717) is 25.7 Å². The van der Waals surface area contributed by atoms with Gasteiger partial charge in [-0.15, -0.1) is 0 Å². The molecule has 0 fully saturated rings. The topological polar surface area (TPSA) is 162 Å². The van der Waals surface area contributed by atoms with E-state index >= 15 is 0 Å². The van der Waals surface area contributed by atoms with Crippen LogP contribution in [0.3, 0.4) is 0 Å². The lowest BCUT2D eigenvalue weighted by molar-refractivity contribution is 0.375. The third-order valence-electron chi connectivity index (χ3n) is 6.87. The monoisotopic (exact) mass is 518 g/mol. The fraction of sp³-hybridized carbons (Fsp3) is 0.200. The Kier molecular flexibility index (Phi) is 7.71. The highest BCUT2D eigenvalue weighted by Gasteiger charge is 2.26. The molecule has 38 heavy (non-hydrogen) atoms. The number of rotatable bonds is 9. The first-order valence-corrected chi connectivity index (χ1v) is 12.1. The van der Waals surface area contributed by atoms with Crippen LogP contribution in [-0.4, -0.2) is 40.9 Å². The van der Waals surface area contributed by atoms with Crippen LogP contribution in [0.1, 0.15) is 34.6 Å². The van der Waals surface area contributed by atoms with Gasteiger partial charge in [0, 0.05) is 0 Å². The Morgan fingerprint density at radius 2 is 0.842 bits per heavy atom. The zero-order chi connectivity index (χ0) is 27.4. The molecule has 0 aliphatic heterocycles. The molecule has 0 saturated heterocycles. The third kappa shape index (κ3) is 6.15. The number of hydrogen-bond acceptors (Lipinski definition) is 8. The minimum atomic E-state index is -0.273. The highest BCUT2D eigenvalue weighted by atomic mass is 16.3. The summed E-state index contributed by atoms with van der Waals surface area (Å²) < 4.78 is 0. The standard InChI is InChI=1S/C30H30O8/c31-23-7-2-17(13-27(23)35)1-5-20(11-18-3-8-24(32)28(36)14-18)22(21-6-10-26(34)30(38)16-21)12-19-4-9-25(33)29(37)15-19/h2-4,6-10,13-16,20,22,31-38H,1,5,11-12H2/t20-,22-/m1/s1. The Balaban J connectivity index is 1.74. The quantitative estimate of drug-likeness (QED) is 0.141. The van der Waals surface area contributed by atoms with Gasteiger partial charge in [-0.05, 0) is 108 Å². The lowest BCUT2D eigenvalue weighted by Gasteiger charge is -2.29. The van der Waals surface area contributed by atoms with Crippen LogP contribution in [-0.2, 0) is 19.3 Å². The molecule has 8 nitrogen and oxygen atoms in total. The predicted molar refractivity (Wildman–Crippen MR) is 141 cm³/mol. The van der Waals surface area contributed by atoms with Crippen LogP contribution in [0, 0.1) is 5.92 Å². The van der Waals surface area contributed by atoms with Crippen molar-refractivity contribution < 1.29 is 40.9 Å². The molecule has 0 heterocycles. The van der Waals surface area contributed by atoms with Crippen molar-refractivity contribution in [3.05, 3.63) is 95.1 Å². The fourth-order valence-electron chi connectivity index (χ4n) is 4.80. The lowest BCUT2D eigenvalue weighted by atomic mass is 9.75. The molecular weight excluding hydrogens is 488 g/mol. The molecule has 4 rings (SSSR count). The Bertz CT molecular complexity index is 1430. The first-order valence-electron chi connectivity index (χ1n) is 12.1. The van der Waals surface area contributed by atoms with Crippen molar-refractivity contribution in [3.63, 3.8) is 0 Å². The van der Waals surface area contributed by atoms with Crippen molar-refractivity contribution in [3.8, 4) is 46.0 Å². The van der Waals surface area contributed by atoms with E-state index in [1.165, 1.54) is 48.5 Å². The van der Waals surface area contributed by atoms with Gasteiger partial charge in [-0.2, -0.15) is 0 Å². The SMILES string of the molecule is Oc1ccc(CC[C@H](Cc2ccc(O)c(O)c2)[C@@H](Cc2ccc(O)c(O)c2)c2ccc(O)c(O)c2)cc1O. The van der Waals surface area contributed by atoms with Gasteiger partial charge >= 0.3 is 0 Å². The Morgan fingerprint density at radius 3 is 1.34 bits per heavy atom. The van der Waals surface area contributed by atoms with Crippen molar-refractivity contribution in [2.45, 2.75) is 31.6 Å². The summed E-state index contributed by atoms with van der Waals surface area (Å²) in [5.74, 6) is -2.32. The predicted octanol–water partition coefficient (Wildman–Crippen LogP) is 5.15. The molecule has 0 spiro atoms. The number of hydrogen-bond donors (Lipinski definition) is 8. The summed E-state index contributed by atoms with van der Waals surface area (Å²) in [6.07, 6.45) is 1.99. The van der Waals surface area contributed by atoms with E-state index in [0.717, 1.165) is 22.3 Å². The number of benzene rings is 4. The van der Waals surface area contributed by atoms with Crippen molar-refractivity contribution in [2.24, 2.45) is 5.92 Å². The molecule has 0 aliphatic carbocycles. The van der Waals surface area contributed by atoms with Crippen LogP contribution in [0.4, 0.5) is 0 Å². The second-order valence-electron chi connectivity index (χ2n) is 9.53. The van der Waals surface area contributed by atoms with Crippen LogP contribution >= 0.6 is 0 Å². The smallest absolute Gasteiger partial charge is 0.157 e. The molecule has 0 aromatic heterocycles. The molecule has 198 valence electrons. The van der Waals surface area contributed by atoms with Crippen molar-refractivity contribution in [1.82, 2.24) is 0 Å². The molecule has 0 bridgehead atoms. The summed E-state index contributed by atoms with van der Waals surface area (Å²) in [5.41, 5.74) is 3.03. The van der Waals surface area contributed by atoms with E-state index in [-0.39, 0.29) is 57.8 Å². The molecule has 0 amide bonds. The summed E-state index contributed by atoms with van der Waals surface area (Å²) >= 11 is 0. The van der Waals surface area contributed by atoms with Crippen molar-refractivity contribution >= 4 is 0 Å². The van der Waals surface area contributed by atoms with Gasteiger partial charge in [0.05, 0.1) is 0 Å². The molecule has 2 atom stereocenters. The van der Waals surface area contributed by atoms with Crippen LogP contribution in [0.15, 0.2) is 72.8 Å². The second-order valence-corrected chi connectivity index (χ2v) is 9.53. The van der Waals surface area contributed by atoms with E-state index in [9.17, 15) is 40.9 Å². The number of aromatic hydroxyl groups is 8. The lowest BCUT2D eigenvalue weighted by Crippen LogP contribution is -2.19. The van der Waals surface area contributed by atoms with Crippen LogP contribution in [0.25, 0.3) is 0 Å². The Labute approximate surface area is 219 Å². The van der Waals surface area contributed by atoms with Crippen LogP contribution in [0.5, 0.6) is 46.0 Å².